The van der Waals surface area contributed by atoms with E-state index in [1.54, 1.807) is 20.8 Å². The van der Waals surface area contributed by atoms with E-state index in [0.717, 1.165) is 0 Å². The SMILES string of the molecule is CC(C)(C)OC(=O)N1CC[C@]2(C1)[C@@H](C(=O)O)CCS2(=O)=O. The van der Waals surface area contributed by atoms with E-state index < -0.39 is 38.2 Å². The second kappa shape index (κ2) is 4.86. The molecule has 2 atom stereocenters. The van der Waals surface area contributed by atoms with Gasteiger partial charge in [0.05, 0.1) is 11.7 Å². The molecule has 120 valence electrons. The highest BCUT2D eigenvalue weighted by atomic mass is 32.2. The first-order valence-corrected chi connectivity index (χ1v) is 8.57. The second-order valence-electron chi connectivity index (χ2n) is 6.72. The molecule has 2 saturated heterocycles. The van der Waals surface area contributed by atoms with Gasteiger partial charge >= 0.3 is 12.1 Å². The summed E-state index contributed by atoms with van der Waals surface area (Å²) in [6, 6.07) is 0. The minimum Gasteiger partial charge on any atom is -0.481 e. The molecule has 21 heavy (non-hydrogen) atoms. The molecule has 0 radical (unpaired) electrons. The Morgan fingerprint density at radius 1 is 1.33 bits per heavy atom. The van der Waals surface area contributed by atoms with Crippen LogP contribution in [0.3, 0.4) is 0 Å². The number of sulfone groups is 1. The lowest BCUT2D eigenvalue weighted by Gasteiger charge is -2.28. The molecule has 0 aromatic rings. The third kappa shape index (κ3) is 2.73. The minimum atomic E-state index is -3.52. The van der Waals surface area contributed by atoms with Crippen molar-refractivity contribution >= 4 is 21.9 Å². The van der Waals surface area contributed by atoms with Gasteiger partial charge in [-0.15, -0.1) is 0 Å². The summed E-state index contributed by atoms with van der Waals surface area (Å²) in [5.74, 6) is -2.19. The van der Waals surface area contributed by atoms with E-state index in [9.17, 15) is 23.1 Å². The molecule has 2 aliphatic heterocycles. The zero-order valence-electron chi connectivity index (χ0n) is 12.5. The highest BCUT2D eigenvalue weighted by Gasteiger charge is 2.61. The Morgan fingerprint density at radius 3 is 2.48 bits per heavy atom. The maximum Gasteiger partial charge on any atom is 0.410 e. The average molecular weight is 319 g/mol. The van der Waals surface area contributed by atoms with Gasteiger partial charge in [0, 0.05) is 13.1 Å². The number of carbonyl (C=O) groups excluding carboxylic acids is 1. The summed E-state index contributed by atoms with van der Waals surface area (Å²) in [5.41, 5.74) is -0.673. The van der Waals surface area contributed by atoms with E-state index >= 15 is 0 Å². The summed E-state index contributed by atoms with van der Waals surface area (Å²) >= 11 is 0. The summed E-state index contributed by atoms with van der Waals surface area (Å²) in [6.45, 7) is 5.29. The molecule has 0 aliphatic carbocycles. The van der Waals surface area contributed by atoms with Crippen LogP contribution >= 0.6 is 0 Å². The number of carbonyl (C=O) groups is 2. The number of aliphatic carboxylic acids is 1. The molecular formula is C13H21NO6S. The van der Waals surface area contributed by atoms with Gasteiger partial charge in [-0.2, -0.15) is 0 Å². The van der Waals surface area contributed by atoms with Crippen molar-refractivity contribution in [2.75, 3.05) is 18.8 Å². The molecule has 2 heterocycles. The second-order valence-corrected chi connectivity index (χ2v) is 9.17. The topological polar surface area (TPSA) is 101 Å². The molecule has 0 unspecified atom stereocenters. The number of nitrogens with zero attached hydrogens (tertiary/aromatic N) is 1. The lowest BCUT2D eigenvalue weighted by Crippen LogP contribution is -2.47. The first-order chi connectivity index (χ1) is 9.48. The van der Waals surface area contributed by atoms with Crippen molar-refractivity contribution in [1.82, 2.24) is 4.90 Å². The summed E-state index contributed by atoms with van der Waals surface area (Å²) in [6.07, 6.45) is -0.323. The van der Waals surface area contributed by atoms with Gasteiger partial charge < -0.3 is 14.7 Å². The van der Waals surface area contributed by atoms with Crippen LogP contribution in [0.1, 0.15) is 33.6 Å². The van der Waals surface area contributed by atoms with Crippen LogP contribution in [0.4, 0.5) is 4.79 Å². The van der Waals surface area contributed by atoms with Crippen molar-refractivity contribution in [1.29, 1.82) is 0 Å². The minimum absolute atomic E-state index is 0.0960. The lowest BCUT2D eigenvalue weighted by molar-refractivity contribution is -0.142. The molecule has 2 rings (SSSR count). The van der Waals surface area contributed by atoms with Gasteiger partial charge in [0.25, 0.3) is 0 Å². The van der Waals surface area contributed by atoms with Crippen molar-refractivity contribution in [3.05, 3.63) is 0 Å². The fourth-order valence-corrected chi connectivity index (χ4v) is 5.49. The van der Waals surface area contributed by atoms with Gasteiger partial charge in [0.2, 0.25) is 0 Å². The van der Waals surface area contributed by atoms with Crippen LogP contribution in [-0.2, 0) is 19.4 Å². The molecule has 2 aliphatic rings. The Balaban J connectivity index is 2.23. The highest BCUT2D eigenvalue weighted by Crippen LogP contribution is 2.45. The van der Waals surface area contributed by atoms with Crippen LogP contribution < -0.4 is 0 Å². The van der Waals surface area contributed by atoms with Crippen molar-refractivity contribution in [3.63, 3.8) is 0 Å². The van der Waals surface area contributed by atoms with Gasteiger partial charge in [-0.1, -0.05) is 0 Å². The van der Waals surface area contributed by atoms with Gasteiger partial charge in [-0.25, -0.2) is 13.2 Å². The smallest absolute Gasteiger partial charge is 0.410 e. The van der Waals surface area contributed by atoms with E-state index in [4.69, 9.17) is 4.74 Å². The molecule has 2 fully saturated rings. The fraction of sp³-hybridized carbons (Fsp3) is 0.846. The third-order valence-corrected chi connectivity index (χ3v) is 6.77. The van der Waals surface area contributed by atoms with Crippen molar-refractivity contribution in [3.8, 4) is 0 Å². The summed E-state index contributed by atoms with van der Waals surface area (Å²) < 4.78 is 28.5. The highest BCUT2D eigenvalue weighted by molar-refractivity contribution is 7.93. The third-order valence-electron chi connectivity index (χ3n) is 4.14. The average Bonchev–Trinajstić information content (AvgIpc) is 2.82. The number of carboxylic acids is 1. The molecule has 1 spiro atoms. The number of carboxylic acid groups (broad SMARTS) is 1. The molecule has 0 aromatic heterocycles. The number of hydrogen-bond donors (Lipinski definition) is 1. The van der Waals surface area contributed by atoms with Crippen LogP contribution in [0.15, 0.2) is 0 Å². The number of ether oxygens (including phenoxy) is 1. The maximum absolute atomic E-state index is 12.3. The number of amides is 1. The van der Waals surface area contributed by atoms with Crippen LogP contribution in [-0.4, -0.2) is 59.7 Å². The van der Waals surface area contributed by atoms with Crippen LogP contribution in [0.2, 0.25) is 0 Å². The zero-order valence-corrected chi connectivity index (χ0v) is 13.3. The van der Waals surface area contributed by atoms with Gasteiger partial charge in [-0.3, -0.25) is 4.79 Å². The Bertz CT molecular complexity index is 564. The fourth-order valence-electron chi connectivity index (χ4n) is 3.13. The zero-order chi connectivity index (χ0) is 16.1. The summed E-state index contributed by atoms with van der Waals surface area (Å²) in [7, 11) is -3.52. The van der Waals surface area contributed by atoms with E-state index in [2.05, 4.69) is 0 Å². The van der Waals surface area contributed by atoms with Crippen LogP contribution in [0, 0.1) is 5.92 Å². The normalized spacial score (nSPS) is 31.6. The molecule has 0 saturated carbocycles. The molecule has 7 nitrogen and oxygen atoms in total. The molecular weight excluding hydrogens is 298 g/mol. The van der Waals surface area contributed by atoms with Gasteiger partial charge in [-0.05, 0) is 33.6 Å². The first kappa shape index (κ1) is 16.1. The van der Waals surface area contributed by atoms with E-state index in [-0.39, 0.29) is 31.7 Å². The molecule has 8 heteroatoms. The quantitative estimate of drug-likeness (QED) is 0.770. The van der Waals surface area contributed by atoms with Crippen molar-refractivity contribution in [2.45, 2.75) is 44.0 Å². The predicted octanol–water partition coefficient (Wildman–Crippen LogP) is 0.885. The molecule has 1 amide bonds. The van der Waals surface area contributed by atoms with Crippen molar-refractivity contribution < 1.29 is 27.9 Å². The van der Waals surface area contributed by atoms with E-state index in [0.29, 0.717) is 0 Å². The standard InChI is InChI=1S/C13H21NO6S/c1-12(2,3)20-11(17)14-6-5-13(8-14)9(10(15)16)4-7-21(13,18)19/h9H,4-8H2,1-3H3,(H,15,16)/t9-,13+/m1/s1. The maximum atomic E-state index is 12.3. The Labute approximate surface area is 124 Å². The van der Waals surface area contributed by atoms with E-state index in [1.165, 1.54) is 4.90 Å². The van der Waals surface area contributed by atoms with Crippen LogP contribution in [0.25, 0.3) is 0 Å². The molecule has 0 bridgehead atoms. The Morgan fingerprint density at radius 2 is 1.95 bits per heavy atom. The number of hydrogen-bond acceptors (Lipinski definition) is 5. The number of likely N-dealkylation sites (tertiary alicyclic amines) is 1. The summed E-state index contributed by atoms with van der Waals surface area (Å²) in [4.78, 5) is 24.7. The van der Waals surface area contributed by atoms with Crippen molar-refractivity contribution in [2.24, 2.45) is 5.92 Å². The number of rotatable bonds is 1. The largest absolute Gasteiger partial charge is 0.481 e. The van der Waals surface area contributed by atoms with Crippen LogP contribution in [0.5, 0.6) is 0 Å². The first-order valence-electron chi connectivity index (χ1n) is 6.92. The lowest BCUT2D eigenvalue weighted by atomic mass is 9.89. The molecule has 1 N–H and O–H groups in total. The summed E-state index contributed by atoms with van der Waals surface area (Å²) in [5, 5.41) is 9.28. The predicted molar refractivity (Wildman–Crippen MR) is 74.7 cm³/mol. The van der Waals surface area contributed by atoms with Gasteiger partial charge in [0.1, 0.15) is 10.3 Å². The van der Waals surface area contributed by atoms with Gasteiger partial charge in [0.15, 0.2) is 9.84 Å². The Kier molecular flexibility index (Phi) is 3.72. The monoisotopic (exact) mass is 319 g/mol. The van der Waals surface area contributed by atoms with E-state index in [1.807, 2.05) is 0 Å². The molecule has 0 aromatic carbocycles. The Hall–Kier alpha value is -1.31.